The maximum Gasteiger partial charge on any atom is 0.417 e. The van der Waals surface area contributed by atoms with Crippen LogP contribution in [0.5, 0.6) is 0 Å². The number of halogens is 4. The molecule has 0 N–H and O–H groups in total. The molecule has 2 aromatic heterocycles. The molecule has 118 valence electrons. The lowest BCUT2D eigenvalue weighted by molar-refractivity contribution is -0.137. The Bertz CT molecular complexity index is 642. The summed E-state index contributed by atoms with van der Waals surface area (Å²) < 4.78 is 40.0. The zero-order valence-electron chi connectivity index (χ0n) is 11.6. The van der Waals surface area contributed by atoms with Crippen LogP contribution >= 0.6 is 11.6 Å². The third-order valence-electron chi connectivity index (χ3n) is 3.78. The Morgan fingerprint density at radius 3 is 2.82 bits per heavy atom. The maximum atomic E-state index is 12.7. The van der Waals surface area contributed by atoms with Gasteiger partial charge in [-0.2, -0.15) is 13.2 Å². The van der Waals surface area contributed by atoms with Crippen LogP contribution in [0.4, 0.5) is 19.0 Å². The fourth-order valence-corrected chi connectivity index (χ4v) is 3.01. The first-order valence-electron chi connectivity index (χ1n) is 6.90. The number of alkyl halides is 3. The van der Waals surface area contributed by atoms with E-state index in [-0.39, 0.29) is 11.1 Å². The Morgan fingerprint density at radius 2 is 2.18 bits per heavy atom. The van der Waals surface area contributed by atoms with Crippen LogP contribution in [0, 0.1) is 0 Å². The van der Waals surface area contributed by atoms with E-state index in [1.54, 1.807) is 12.5 Å². The minimum absolute atomic E-state index is 0.0346. The van der Waals surface area contributed by atoms with Crippen LogP contribution in [0.25, 0.3) is 0 Å². The van der Waals surface area contributed by atoms with Gasteiger partial charge in [-0.3, -0.25) is 0 Å². The number of nitrogens with zero attached hydrogens (tertiary/aromatic N) is 4. The third-order valence-corrected chi connectivity index (χ3v) is 4.06. The highest BCUT2D eigenvalue weighted by Crippen LogP contribution is 2.35. The van der Waals surface area contributed by atoms with Crippen LogP contribution in [0.15, 0.2) is 31.0 Å². The molecular formula is C14H14ClF3N4. The molecule has 0 amide bonds. The summed E-state index contributed by atoms with van der Waals surface area (Å²) in [7, 11) is 0. The fourth-order valence-electron chi connectivity index (χ4n) is 2.74. The van der Waals surface area contributed by atoms with Gasteiger partial charge >= 0.3 is 6.18 Å². The highest BCUT2D eigenvalue weighted by molar-refractivity contribution is 6.33. The van der Waals surface area contributed by atoms with Crippen molar-refractivity contribution in [2.24, 2.45) is 0 Å². The van der Waals surface area contributed by atoms with E-state index in [9.17, 15) is 13.2 Å². The number of hydrogen-bond acceptors (Lipinski definition) is 3. The minimum Gasteiger partial charge on any atom is -0.351 e. The molecular weight excluding hydrogens is 317 g/mol. The molecule has 3 rings (SSSR count). The van der Waals surface area contributed by atoms with Gasteiger partial charge in [0.25, 0.3) is 0 Å². The van der Waals surface area contributed by atoms with Gasteiger partial charge < -0.3 is 9.47 Å². The van der Waals surface area contributed by atoms with Gasteiger partial charge in [-0.25, -0.2) is 9.97 Å². The molecule has 1 atom stereocenters. The summed E-state index contributed by atoms with van der Waals surface area (Å²) in [6, 6.07) is 1.09. The number of aromatic nitrogens is 3. The lowest BCUT2D eigenvalue weighted by atomic mass is 10.2. The van der Waals surface area contributed by atoms with E-state index in [1.165, 1.54) is 0 Å². The zero-order chi connectivity index (χ0) is 15.7. The molecule has 22 heavy (non-hydrogen) atoms. The van der Waals surface area contributed by atoms with Gasteiger partial charge in [-0.15, -0.1) is 0 Å². The van der Waals surface area contributed by atoms with Crippen LogP contribution in [0.3, 0.4) is 0 Å². The topological polar surface area (TPSA) is 34.0 Å². The highest BCUT2D eigenvalue weighted by atomic mass is 35.5. The van der Waals surface area contributed by atoms with E-state index in [1.807, 2.05) is 15.7 Å². The lowest BCUT2D eigenvalue weighted by Crippen LogP contribution is -2.33. The maximum absolute atomic E-state index is 12.7. The van der Waals surface area contributed by atoms with Crippen molar-refractivity contribution in [3.8, 4) is 0 Å². The average molecular weight is 331 g/mol. The van der Waals surface area contributed by atoms with Crippen molar-refractivity contribution in [1.82, 2.24) is 14.5 Å². The monoisotopic (exact) mass is 330 g/mol. The number of imidazole rings is 1. The molecule has 1 aliphatic heterocycles. The number of anilines is 1. The number of pyridine rings is 1. The molecule has 1 aliphatic rings. The van der Waals surface area contributed by atoms with Crippen LogP contribution in [-0.2, 0) is 12.7 Å². The van der Waals surface area contributed by atoms with E-state index in [4.69, 9.17) is 11.6 Å². The molecule has 0 saturated carbocycles. The van der Waals surface area contributed by atoms with Crippen molar-refractivity contribution in [1.29, 1.82) is 0 Å². The van der Waals surface area contributed by atoms with E-state index in [0.717, 1.165) is 31.6 Å². The average Bonchev–Trinajstić information content (AvgIpc) is 3.10. The van der Waals surface area contributed by atoms with Crippen molar-refractivity contribution in [2.75, 3.05) is 11.4 Å². The second-order valence-electron chi connectivity index (χ2n) is 5.28. The van der Waals surface area contributed by atoms with E-state index in [0.29, 0.717) is 12.4 Å². The largest absolute Gasteiger partial charge is 0.417 e. The summed E-state index contributed by atoms with van der Waals surface area (Å²) in [5.74, 6) is 0.414. The normalized spacial score (nSPS) is 18.9. The molecule has 1 saturated heterocycles. The van der Waals surface area contributed by atoms with Gasteiger partial charge in [-0.05, 0) is 18.9 Å². The predicted octanol–water partition coefficient (Wildman–Crippen LogP) is 3.62. The van der Waals surface area contributed by atoms with E-state index < -0.39 is 11.7 Å². The Balaban J connectivity index is 1.83. The van der Waals surface area contributed by atoms with Crippen molar-refractivity contribution in [3.05, 3.63) is 41.6 Å². The third kappa shape index (κ3) is 3.04. The summed E-state index contributed by atoms with van der Waals surface area (Å²) in [6.07, 6.45) is 3.58. The molecule has 0 aromatic carbocycles. The Labute approximate surface area is 130 Å². The van der Waals surface area contributed by atoms with Crippen LogP contribution < -0.4 is 4.90 Å². The summed E-state index contributed by atoms with van der Waals surface area (Å²) in [5, 5.41) is 0.0346. The first-order chi connectivity index (χ1) is 10.4. The molecule has 1 fully saturated rings. The van der Waals surface area contributed by atoms with Gasteiger partial charge in [0.05, 0.1) is 16.9 Å². The molecule has 4 nitrogen and oxygen atoms in total. The van der Waals surface area contributed by atoms with Crippen LogP contribution in [0.2, 0.25) is 5.02 Å². The van der Waals surface area contributed by atoms with E-state index in [2.05, 4.69) is 9.97 Å². The summed E-state index contributed by atoms with van der Waals surface area (Å²) in [4.78, 5) is 9.93. The molecule has 3 heterocycles. The quantitative estimate of drug-likeness (QED) is 0.862. The van der Waals surface area contributed by atoms with Gasteiger partial charge in [0.1, 0.15) is 5.82 Å². The smallest absolute Gasteiger partial charge is 0.351 e. The Hall–Kier alpha value is -1.76. The highest BCUT2D eigenvalue weighted by Gasteiger charge is 2.33. The second-order valence-corrected chi connectivity index (χ2v) is 5.68. The van der Waals surface area contributed by atoms with Gasteiger partial charge in [0.2, 0.25) is 0 Å². The van der Waals surface area contributed by atoms with Crippen LogP contribution in [-0.4, -0.2) is 27.1 Å². The molecule has 1 unspecified atom stereocenters. The standard InChI is InChI=1S/C14H14ClF3N4/c15-12-6-10(14(16,17)18)7-20-13(12)22-4-1-2-11(22)8-21-5-3-19-9-21/h3,5-7,9,11H,1-2,4,8H2. The van der Waals surface area contributed by atoms with Gasteiger partial charge in [0, 0.05) is 37.7 Å². The van der Waals surface area contributed by atoms with Crippen molar-refractivity contribution in [2.45, 2.75) is 31.6 Å². The number of rotatable bonds is 3. The summed E-state index contributed by atoms with van der Waals surface area (Å²) in [6.45, 7) is 1.44. The number of hydrogen-bond donors (Lipinski definition) is 0. The molecule has 0 aliphatic carbocycles. The Morgan fingerprint density at radius 1 is 1.36 bits per heavy atom. The van der Waals surface area contributed by atoms with Gasteiger partial charge in [0.15, 0.2) is 0 Å². The first kappa shape index (κ1) is 15.1. The summed E-state index contributed by atoms with van der Waals surface area (Å²) in [5.41, 5.74) is -0.827. The first-order valence-corrected chi connectivity index (χ1v) is 7.28. The Kier molecular flexibility index (Phi) is 3.99. The second kappa shape index (κ2) is 5.79. The minimum atomic E-state index is -4.43. The predicted molar refractivity (Wildman–Crippen MR) is 76.8 cm³/mol. The van der Waals surface area contributed by atoms with Crippen LogP contribution in [0.1, 0.15) is 18.4 Å². The molecule has 0 bridgehead atoms. The molecule has 0 spiro atoms. The zero-order valence-corrected chi connectivity index (χ0v) is 12.3. The van der Waals surface area contributed by atoms with Crippen molar-refractivity contribution in [3.63, 3.8) is 0 Å². The summed E-state index contributed by atoms with van der Waals surface area (Å²) >= 11 is 6.04. The SMILES string of the molecule is FC(F)(F)c1cnc(N2CCCC2Cn2ccnc2)c(Cl)c1. The van der Waals surface area contributed by atoms with E-state index >= 15 is 0 Å². The van der Waals surface area contributed by atoms with Gasteiger partial charge in [-0.1, -0.05) is 11.6 Å². The van der Waals surface area contributed by atoms with Crippen molar-refractivity contribution >= 4 is 17.4 Å². The fraction of sp³-hybridized carbons (Fsp3) is 0.429. The molecule has 0 radical (unpaired) electrons. The molecule has 2 aromatic rings. The lowest BCUT2D eigenvalue weighted by Gasteiger charge is -2.27. The molecule has 8 heteroatoms. The van der Waals surface area contributed by atoms with Crippen molar-refractivity contribution < 1.29 is 13.2 Å².